The predicted molar refractivity (Wildman–Crippen MR) is 64.9 cm³/mol. The van der Waals surface area contributed by atoms with Crippen LogP contribution < -0.4 is 11.1 Å². The van der Waals surface area contributed by atoms with Crippen molar-refractivity contribution < 1.29 is 9.53 Å². The number of esters is 1. The topological polar surface area (TPSA) is 80.5 Å². The van der Waals surface area contributed by atoms with Gasteiger partial charge in [-0.05, 0) is 14.1 Å². The first-order valence-electron chi connectivity index (χ1n) is 4.77. The van der Waals surface area contributed by atoms with E-state index >= 15 is 0 Å². The van der Waals surface area contributed by atoms with Crippen molar-refractivity contribution in [2.75, 3.05) is 45.3 Å². The van der Waals surface area contributed by atoms with Crippen LogP contribution in [0.1, 0.15) is 9.67 Å². The first-order chi connectivity index (χ1) is 7.54. The largest absolute Gasteiger partial charge is 0.465 e. The molecule has 1 heterocycles. The molecule has 7 heteroatoms. The lowest BCUT2D eigenvalue weighted by Crippen LogP contribution is -2.20. The summed E-state index contributed by atoms with van der Waals surface area (Å²) in [5.41, 5.74) is 5.60. The van der Waals surface area contributed by atoms with Gasteiger partial charge in [0.25, 0.3) is 0 Å². The summed E-state index contributed by atoms with van der Waals surface area (Å²) in [4.78, 5) is 17.7. The first-order valence-corrected chi connectivity index (χ1v) is 5.59. The van der Waals surface area contributed by atoms with Crippen molar-refractivity contribution in [3.8, 4) is 0 Å². The molecule has 0 atom stereocenters. The molecule has 0 aromatic carbocycles. The highest BCUT2D eigenvalue weighted by Gasteiger charge is 2.16. The molecule has 0 fully saturated rings. The Kier molecular flexibility index (Phi) is 4.51. The van der Waals surface area contributed by atoms with Gasteiger partial charge in [-0.3, -0.25) is 0 Å². The predicted octanol–water partition coefficient (Wildman–Crippen LogP) is 0.485. The van der Waals surface area contributed by atoms with Gasteiger partial charge in [-0.25, -0.2) is 9.78 Å². The van der Waals surface area contributed by atoms with Crippen molar-refractivity contribution in [1.82, 2.24) is 9.88 Å². The summed E-state index contributed by atoms with van der Waals surface area (Å²) in [7, 11) is 5.29. The number of hydrogen-bond acceptors (Lipinski definition) is 7. The highest BCUT2D eigenvalue weighted by molar-refractivity contribution is 7.17. The van der Waals surface area contributed by atoms with Crippen LogP contribution >= 0.6 is 11.3 Å². The number of rotatable bonds is 5. The molecule has 1 aromatic rings. The number of ether oxygens (including phenoxy) is 1. The van der Waals surface area contributed by atoms with E-state index in [2.05, 4.69) is 15.0 Å². The zero-order valence-corrected chi connectivity index (χ0v) is 10.4. The number of nitrogens with zero attached hydrogens (tertiary/aromatic N) is 2. The van der Waals surface area contributed by atoms with E-state index in [0.717, 1.165) is 13.1 Å². The van der Waals surface area contributed by atoms with E-state index in [1.807, 2.05) is 19.0 Å². The molecule has 0 aliphatic carbocycles. The van der Waals surface area contributed by atoms with Gasteiger partial charge in [-0.1, -0.05) is 11.3 Å². The molecule has 0 aliphatic rings. The van der Waals surface area contributed by atoms with Crippen LogP contribution in [0.2, 0.25) is 0 Å². The van der Waals surface area contributed by atoms with E-state index in [1.54, 1.807) is 0 Å². The third kappa shape index (κ3) is 3.35. The van der Waals surface area contributed by atoms with Gasteiger partial charge < -0.3 is 20.7 Å². The van der Waals surface area contributed by atoms with Crippen molar-refractivity contribution in [1.29, 1.82) is 0 Å². The molecule has 0 amide bonds. The van der Waals surface area contributed by atoms with Crippen molar-refractivity contribution in [3.05, 3.63) is 4.88 Å². The van der Waals surface area contributed by atoms with Crippen molar-refractivity contribution in [2.45, 2.75) is 0 Å². The molecule has 1 rings (SSSR count). The van der Waals surface area contributed by atoms with E-state index in [9.17, 15) is 4.79 Å². The van der Waals surface area contributed by atoms with E-state index < -0.39 is 5.97 Å². The van der Waals surface area contributed by atoms with Crippen LogP contribution in [-0.2, 0) is 4.74 Å². The van der Waals surface area contributed by atoms with Crippen molar-refractivity contribution >= 4 is 28.3 Å². The molecule has 0 bridgehead atoms. The van der Waals surface area contributed by atoms with Gasteiger partial charge in [0, 0.05) is 13.1 Å². The van der Waals surface area contributed by atoms with Gasteiger partial charge in [0.2, 0.25) is 0 Å². The summed E-state index contributed by atoms with van der Waals surface area (Å²) in [5.74, 6) is -0.236. The molecule has 3 N–H and O–H groups in total. The Hall–Kier alpha value is -1.34. The summed E-state index contributed by atoms with van der Waals surface area (Å²) in [6.07, 6.45) is 0. The fourth-order valence-corrected chi connectivity index (χ4v) is 1.86. The monoisotopic (exact) mass is 244 g/mol. The maximum atomic E-state index is 11.3. The maximum absolute atomic E-state index is 11.3. The van der Waals surface area contributed by atoms with Crippen LogP contribution in [-0.4, -0.2) is 50.1 Å². The molecule has 0 saturated heterocycles. The molecular formula is C9H16N4O2S. The number of nitrogen functional groups attached to an aromatic ring is 1. The van der Waals surface area contributed by atoms with Gasteiger partial charge in [-0.15, -0.1) is 0 Å². The molecule has 0 unspecified atom stereocenters. The number of nitrogens with two attached hydrogens (primary N) is 1. The fraction of sp³-hybridized carbons (Fsp3) is 0.556. The van der Waals surface area contributed by atoms with Crippen molar-refractivity contribution in [3.63, 3.8) is 0 Å². The van der Waals surface area contributed by atoms with Crippen LogP contribution in [0, 0.1) is 0 Å². The lowest BCUT2D eigenvalue weighted by atomic mass is 10.5. The van der Waals surface area contributed by atoms with Gasteiger partial charge in [-0.2, -0.15) is 0 Å². The molecule has 0 saturated carbocycles. The molecule has 16 heavy (non-hydrogen) atoms. The van der Waals surface area contributed by atoms with Crippen LogP contribution in [0.3, 0.4) is 0 Å². The lowest BCUT2D eigenvalue weighted by Gasteiger charge is -2.08. The molecule has 0 aliphatic heterocycles. The second-order valence-corrected chi connectivity index (χ2v) is 4.45. The van der Waals surface area contributed by atoms with E-state index in [1.165, 1.54) is 18.4 Å². The molecule has 1 aromatic heterocycles. The lowest BCUT2D eigenvalue weighted by molar-refractivity contribution is 0.0607. The summed E-state index contributed by atoms with van der Waals surface area (Å²) >= 11 is 1.20. The summed E-state index contributed by atoms with van der Waals surface area (Å²) in [5, 5.41) is 3.73. The smallest absolute Gasteiger partial charge is 0.351 e. The number of thiazole rings is 1. The quantitative estimate of drug-likeness (QED) is 0.734. The Morgan fingerprint density at radius 1 is 1.62 bits per heavy atom. The third-order valence-corrected chi connectivity index (χ3v) is 2.87. The average molecular weight is 244 g/mol. The van der Waals surface area contributed by atoms with Gasteiger partial charge in [0.05, 0.1) is 7.11 Å². The Labute approximate surface area is 98.4 Å². The molecule has 0 radical (unpaired) electrons. The number of likely N-dealkylation sites (N-methyl/N-ethyl adjacent to an activating group) is 1. The zero-order chi connectivity index (χ0) is 12.1. The van der Waals surface area contributed by atoms with E-state index in [0.29, 0.717) is 10.0 Å². The van der Waals surface area contributed by atoms with Gasteiger partial charge in [0.1, 0.15) is 0 Å². The number of hydrogen-bond donors (Lipinski definition) is 2. The fourth-order valence-electron chi connectivity index (χ4n) is 1.03. The van der Waals surface area contributed by atoms with Gasteiger partial charge >= 0.3 is 5.97 Å². The van der Waals surface area contributed by atoms with Gasteiger partial charge in [0.15, 0.2) is 15.8 Å². The Balaban J connectivity index is 2.59. The molecule has 0 spiro atoms. The second kappa shape index (κ2) is 5.66. The number of carbonyl (C=O) groups is 1. The number of aromatic nitrogens is 1. The van der Waals surface area contributed by atoms with Crippen LogP contribution in [0.4, 0.5) is 10.9 Å². The number of nitrogens with one attached hydrogen (secondary N) is 1. The summed E-state index contributed by atoms with van der Waals surface area (Å²) in [6.45, 7) is 1.63. The molecule has 90 valence electrons. The SMILES string of the molecule is COC(=O)c1sc(NCCN(C)C)nc1N. The Bertz CT molecular complexity index is 364. The minimum Gasteiger partial charge on any atom is -0.465 e. The van der Waals surface area contributed by atoms with Crippen LogP contribution in [0.5, 0.6) is 0 Å². The Morgan fingerprint density at radius 2 is 2.31 bits per heavy atom. The minimum atomic E-state index is -0.448. The zero-order valence-electron chi connectivity index (χ0n) is 9.61. The molecule has 6 nitrogen and oxygen atoms in total. The number of methoxy groups -OCH3 is 1. The number of anilines is 2. The van der Waals surface area contributed by atoms with Crippen LogP contribution in [0.15, 0.2) is 0 Å². The maximum Gasteiger partial charge on any atom is 0.351 e. The highest BCUT2D eigenvalue weighted by atomic mass is 32.1. The second-order valence-electron chi connectivity index (χ2n) is 3.46. The van der Waals surface area contributed by atoms with Crippen LogP contribution in [0.25, 0.3) is 0 Å². The number of carbonyl (C=O) groups excluding carboxylic acids is 1. The average Bonchev–Trinajstić information content (AvgIpc) is 2.58. The summed E-state index contributed by atoms with van der Waals surface area (Å²) < 4.78 is 4.59. The molecular weight excluding hydrogens is 228 g/mol. The van der Waals surface area contributed by atoms with E-state index in [4.69, 9.17) is 5.73 Å². The highest BCUT2D eigenvalue weighted by Crippen LogP contribution is 2.25. The minimum absolute atomic E-state index is 0.212. The normalized spacial score (nSPS) is 10.5. The Morgan fingerprint density at radius 3 is 2.88 bits per heavy atom. The summed E-state index contributed by atoms with van der Waals surface area (Å²) in [6, 6.07) is 0. The van der Waals surface area contributed by atoms with E-state index in [-0.39, 0.29) is 5.82 Å². The first kappa shape index (κ1) is 12.7. The third-order valence-electron chi connectivity index (χ3n) is 1.86. The van der Waals surface area contributed by atoms with Crippen molar-refractivity contribution in [2.24, 2.45) is 0 Å². The standard InChI is InChI=1S/C9H16N4O2S/c1-13(2)5-4-11-9-12-7(10)6(16-9)8(14)15-3/h4-5,10H2,1-3H3,(H,11,12).